The van der Waals surface area contributed by atoms with Crippen molar-refractivity contribution in [2.75, 3.05) is 6.54 Å². The first kappa shape index (κ1) is 10.9. The van der Waals surface area contributed by atoms with Gasteiger partial charge in [-0.2, -0.15) is 8.75 Å². The molecular formula is C12H9N3O3S. The molecule has 0 saturated carbocycles. The molecule has 0 aliphatic carbocycles. The van der Waals surface area contributed by atoms with E-state index in [1.54, 1.807) is 23.1 Å². The molecule has 2 aromatic rings. The van der Waals surface area contributed by atoms with Crippen LogP contribution in [0.2, 0.25) is 0 Å². The second-order valence-electron chi connectivity index (χ2n) is 4.74. The molecule has 2 aliphatic rings. The summed E-state index contributed by atoms with van der Waals surface area (Å²) in [5.74, 6) is -0.431. The first-order valence-corrected chi connectivity index (χ1v) is 6.69. The SMILES string of the molecule is O=C1O[C@H]2C[C@@H]1N(C(=O)c1ccc3nsnc3c1)C2. The Morgan fingerprint density at radius 2 is 2.21 bits per heavy atom. The molecule has 2 bridgehead atoms. The molecule has 1 amide bonds. The predicted molar refractivity (Wildman–Crippen MR) is 66.7 cm³/mol. The third-order valence-corrected chi connectivity index (χ3v) is 4.14. The van der Waals surface area contributed by atoms with Crippen LogP contribution in [0.4, 0.5) is 0 Å². The average molecular weight is 275 g/mol. The van der Waals surface area contributed by atoms with E-state index in [0.717, 1.165) is 17.2 Å². The zero-order valence-electron chi connectivity index (χ0n) is 9.78. The van der Waals surface area contributed by atoms with Crippen LogP contribution < -0.4 is 0 Å². The number of morpholine rings is 1. The molecule has 0 unspecified atom stereocenters. The second-order valence-corrected chi connectivity index (χ2v) is 5.26. The fourth-order valence-electron chi connectivity index (χ4n) is 2.65. The molecule has 19 heavy (non-hydrogen) atoms. The monoisotopic (exact) mass is 275 g/mol. The summed E-state index contributed by atoms with van der Waals surface area (Å²) >= 11 is 1.12. The van der Waals surface area contributed by atoms with Gasteiger partial charge < -0.3 is 9.64 Å². The number of hydrogen-bond acceptors (Lipinski definition) is 6. The molecule has 2 fully saturated rings. The van der Waals surface area contributed by atoms with Gasteiger partial charge in [0, 0.05) is 12.0 Å². The highest BCUT2D eigenvalue weighted by Crippen LogP contribution is 2.30. The summed E-state index contributed by atoms with van der Waals surface area (Å²) in [4.78, 5) is 25.5. The fraction of sp³-hybridized carbons (Fsp3) is 0.333. The van der Waals surface area contributed by atoms with Gasteiger partial charge >= 0.3 is 5.97 Å². The topological polar surface area (TPSA) is 72.4 Å². The van der Waals surface area contributed by atoms with Gasteiger partial charge in [0.05, 0.1) is 18.3 Å². The molecule has 3 heterocycles. The van der Waals surface area contributed by atoms with Gasteiger partial charge in [-0.3, -0.25) is 4.79 Å². The van der Waals surface area contributed by atoms with E-state index in [1.165, 1.54) is 0 Å². The van der Waals surface area contributed by atoms with E-state index in [1.807, 2.05) is 0 Å². The number of amides is 1. The zero-order valence-corrected chi connectivity index (χ0v) is 10.6. The molecule has 1 aromatic heterocycles. The molecule has 1 aromatic carbocycles. The summed E-state index contributed by atoms with van der Waals surface area (Å²) in [6.07, 6.45) is 0.483. The van der Waals surface area contributed by atoms with E-state index in [9.17, 15) is 9.59 Å². The van der Waals surface area contributed by atoms with Gasteiger partial charge in [0.15, 0.2) is 0 Å². The number of likely N-dealkylation sites (tertiary alicyclic amines) is 1. The Labute approximate surface area is 112 Å². The molecule has 6 nitrogen and oxygen atoms in total. The summed E-state index contributed by atoms with van der Waals surface area (Å²) in [7, 11) is 0. The van der Waals surface area contributed by atoms with Crippen LogP contribution in [0.5, 0.6) is 0 Å². The number of esters is 1. The van der Waals surface area contributed by atoms with E-state index < -0.39 is 6.04 Å². The van der Waals surface area contributed by atoms with E-state index in [4.69, 9.17) is 4.74 Å². The summed E-state index contributed by atoms with van der Waals surface area (Å²) in [5, 5.41) is 0. The molecular weight excluding hydrogens is 266 g/mol. The summed E-state index contributed by atoms with van der Waals surface area (Å²) in [5.41, 5.74) is 2.03. The third-order valence-electron chi connectivity index (χ3n) is 3.58. The molecule has 4 rings (SSSR count). The Bertz CT molecular complexity index is 698. The highest BCUT2D eigenvalue weighted by atomic mass is 32.1. The minimum absolute atomic E-state index is 0.133. The molecule has 2 atom stereocenters. The number of carbonyl (C=O) groups is 2. The van der Waals surface area contributed by atoms with Crippen molar-refractivity contribution in [2.45, 2.75) is 18.6 Å². The van der Waals surface area contributed by atoms with Gasteiger partial charge in [-0.15, -0.1) is 0 Å². The van der Waals surface area contributed by atoms with E-state index in [-0.39, 0.29) is 18.0 Å². The smallest absolute Gasteiger partial charge is 0.329 e. The lowest BCUT2D eigenvalue weighted by Gasteiger charge is -2.25. The predicted octanol–water partition coefficient (Wildman–Crippen LogP) is 0.831. The number of aromatic nitrogens is 2. The first-order valence-electron chi connectivity index (χ1n) is 5.96. The Morgan fingerprint density at radius 1 is 1.37 bits per heavy atom. The minimum atomic E-state index is -0.415. The second kappa shape index (κ2) is 3.74. The molecule has 0 N–H and O–H groups in total. The van der Waals surface area contributed by atoms with Crippen LogP contribution in [0.25, 0.3) is 11.0 Å². The number of hydrogen-bond donors (Lipinski definition) is 0. The van der Waals surface area contributed by atoms with Crippen LogP contribution in [0, 0.1) is 0 Å². The third kappa shape index (κ3) is 1.54. The standard InChI is InChI=1S/C12H9N3O3S/c16-11(15-5-7-4-10(15)12(17)18-7)6-1-2-8-9(3-6)14-19-13-8/h1-3,7,10H,4-5H2/t7-,10-/m0/s1. The van der Waals surface area contributed by atoms with Gasteiger partial charge in [-0.25, -0.2) is 4.79 Å². The maximum atomic E-state index is 12.4. The number of rotatable bonds is 1. The van der Waals surface area contributed by atoms with Gasteiger partial charge in [0.25, 0.3) is 5.91 Å². The lowest BCUT2D eigenvalue weighted by molar-refractivity contribution is -0.149. The molecule has 2 aliphatic heterocycles. The first-order chi connectivity index (χ1) is 9.22. The van der Waals surface area contributed by atoms with Crippen molar-refractivity contribution in [3.05, 3.63) is 23.8 Å². The number of fused-ring (bicyclic) bond motifs is 3. The van der Waals surface area contributed by atoms with Crippen molar-refractivity contribution >= 4 is 34.6 Å². The quantitative estimate of drug-likeness (QED) is 0.721. The Balaban J connectivity index is 1.68. The van der Waals surface area contributed by atoms with Gasteiger partial charge in [0.1, 0.15) is 23.2 Å². The number of benzene rings is 1. The van der Waals surface area contributed by atoms with Crippen molar-refractivity contribution in [2.24, 2.45) is 0 Å². The summed E-state index contributed by atoms with van der Waals surface area (Å²) in [6.45, 7) is 0.489. The van der Waals surface area contributed by atoms with Gasteiger partial charge in [-0.05, 0) is 18.2 Å². The lowest BCUT2D eigenvalue weighted by Crippen LogP contribution is -2.44. The van der Waals surface area contributed by atoms with Crippen molar-refractivity contribution in [1.82, 2.24) is 13.6 Å². The number of ether oxygens (including phenoxy) is 1. The average Bonchev–Trinajstić information content (AvgIpc) is 3.10. The van der Waals surface area contributed by atoms with Crippen LogP contribution in [0.3, 0.4) is 0 Å². The summed E-state index contributed by atoms with van der Waals surface area (Å²) in [6, 6.07) is 4.81. The number of carbonyl (C=O) groups excluding carboxylic acids is 2. The maximum absolute atomic E-state index is 12.4. The van der Waals surface area contributed by atoms with Crippen molar-refractivity contribution < 1.29 is 14.3 Å². The van der Waals surface area contributed by atoms with Gasteiger partial charge in [0.2, 0.25) is 0 Å². The molecule has 0 spiro atoms. The largest absolute Gasteiger partial charge is 0.459 e. The minimum Gasteiger partial charge on any atom is -0.459 e. The Hall–Kier alpha value is -2.02. The van der Waals surface area contributed by atoms with E-state index in [0.29, 0.717) is 24.0 Å². The normalized spacial score (nSPS) is 25.1. The van der Waals surface area contributed by atoms with Crippen LogP contribution in [-0.2, 0) is 9.53 Å². The van der Waals surface area contributed by atoms with Crippen LogP contribution in [0.1, 0.15) is 16.8 Å². The highest BCUT2D eigenvalue weighted by molar-refractivity contribution is 7.00. The molecule has 7 heteroatoms. The molecule has 0 radical (unpaired) electrons. The number of nitrogens with zero attached hydrogens (tertiary/aromatic N) is 3. The Kier molecular flexibility index (Phi) is 2.14. The maximum Gasteiger partial charge on any atom is 0.329 e. The van der Waals surface area contributed by atoms with E-state index in [2.05, 4.69) is 8.75 Å². The molecule has 96 valence electrons. The van der Waals surface area contributed by atoms with E-state index >= 15 is 0 Å². The van der Waals surface area contributed by atoms with Crippen molar-refractivity contribution in [3.63, 3.8) is 0 Å². The van der Waals surface area contributed by atoms with Crippen molar-refractivity contribution in [1.29, 1.82) is 0 Å². The zero-order chi connectivity index (χ0) is 13.0. The van der Waals surface area contributed by atoms with Gasteiger partial charge in [-0.1, -0.05) is 0 Å². The highest BCUT2D eigenvalue weighted by Gasteiger charge is 2.48. The van der Waals surface area contributed by atoms with Crippen LogP contribution in [0.15, 0.2) is 18.2 Å². The van der Waals surface area contributed by atoms with Crippen molar-refractivity contribution in [3.8, 4) is 0 Å². The van der Waals surface area contributed by atoms with Crippen LogP contribution in [-0.4, -0.2) is 44.2 Å². The lowest BCUT2D eigenvalue weighted by atomic mass is 10.1. The van der Waals surface area contributed by atoms with Crippen LogP contribution >= 0.6 is 11.7 Å². The fourth-order valence-corrected chi connectivity index (χ4v) is 3.17. The Morgan fingerprint density at radius 3 is 3.00 bits per heavy atom. The molecule has 2 saturated heterocycles. The summed E-state index contributed by atoms with van der Waals surface area (Å²) < 4.78 is 13.3.